The van der Waals surface area contributed by atoms with Crippen LogP contribution in [0, 0.1) is 12.8 Å². The Bertz CT molecular complexity index is 1950. The summed E-state index contributed by atoms with van der Waals surface area (Å²) in [5.74, 6) is 2.06. The number of rotatable bonds is 8. The monoisotopic (exact) mass is 659 g/mol. The molecule has 2 unspecified atom stereocenters. The number of urea groups is 1. The first-order valence-corrected chi connectivity index (χ1v) is 17.2. The Morgan fingerprint density at radius 3 is 2.33 bits per heavy atom. The van der Waals surface area contributed by atoms with Crippen molar-refractivity contribution in [1.82, 2.24) is 14.7 Å². The largest absolute Gasteiger partial charge is 0.497 e. The van der Waals surface area contributed by atoms with Gasteiger partial charge in [-0.3, -0.25) is 10.1 Å². The number of aromatic nitrogens is 2. The normalized spacial score (nSPS) is 18.9. The van der Waals surface area contributed by atoms with Crippen molar-refractivity contribution in [3.05, 3.63) is 101 Å². The van der Waals surface area contributed by atoms with Gasteiger partial charge in [0.1, 0.15) is 17.2 Å². The third-order valence-electron chi connectivity index (χ3n) is 10.1. The van der Waals surface area contributed by atoms with Gasteiger partial charge in [0.05, 0.1) is 31.2 Å². The molecule has 49 heavy (non-hydrogen) atoms. The van der Waals surface area contributed by atoms with E-state index in [2.05, 4.69) is 48.4 Å². The van der Waals surface area contributed by atoms with Crippen molar-refractivity contribution in [2.75, 3.05) is 17.7 Å². The van der Waals surface area contributed by atoms with Crippen molar-refractivity contribution in [3.8, 4) is 11.4 Å². The van der Waals surface area contributed by atoms with Crippen LogP contribution in [0.5, 0.6) is 5.75 Å². The number of nitrogens with one attached hydrogen (secondary N) is 2. The molecule has 9 heteroatoms. The maximum Gasteiger partial charge on any atom is 0.324 e. The van der Waals surface area contributed by atoms with Crippen molar-refractivity contribution < 1.29 is 18.7 Å². The van der Waals surface area contributed by atoms with Crippen LogP contribution in [0.4, 0.5) is 16.3 Å². The van der Waals surface area contributed by atoms with Crippen molar-refractivity contribution >= 4 is 34.4 Å². The molecule has 2 N–H and O–H groups in total. The molecule has 2 aliphatic heterocycles. The average Bonchev–Trinajstić information content (AvgIpc) is 3.76. The van der Waals surface area contributed by atoms with E-state index in [1.54, 1.807) is 18.1 Å². The van der Waals surface area contributed by atoms with Crippen molar-refractivity contribution in [1.29, 1.82) is 0 Å². The molecule has 0 aliphatic carbocycles. The number of furan rings is 1. The summed E-state index contributed by atoms with van der Waals surface area (Å²) in [6.45, 7) is 8.37. The van der Waals surface area contributed by atoms with Gasteiger partial charge in [-0.15, -0.1) is 0 Å². The third kappa shape index (κ3) is 6.93. The van der Waals surface area contributed by atoms with Crippen LogP contribution < -0.4 is 15.4 Å². The number of methoxy groups -OCH3 is 1. The second kappa shape index (κ2) is 13.1. The standard InChI is InChI=1S/C40H45N5O4/c1-25-6-12-30(13-7-25)45-37(23-36(43-45)40(2,3)4)42-39(47)41-29-10-8-26(9-11-29)18-27-19-31-14-15-32(20-27)44(31)38(46)21-28-24-49-35-22-33(48-5)16-17-34(28)35/h6-13,16-17,22-24,27,31-32H,14-15,18-21H2,1-5H3,(H2,41,42,47). The van der Waals surface area contributed by atoms with E-state index in [0.29, 0.717) is 18.2 Å². The topological polar surface area (TPSA) is 102 Å². The van der Waals surface area contributed by atoms with Gasteiger partial charge in [0, 0.05) is 46.3 Å². The number of aryl methyl sites for hydroxylation is 1. The number of hydrogen-bond acceptors (Lipinski definition) is 5. The predicted octanol–water partition coefficient (Wildman–Crippen LogP) is 8.43. The molecule has 3 amide bonds. The Labute approximate surface area is 287 Å². The van der Waals surface area contributed by atoms with Gasteiger partial charge in [-0.2, -0.15) is 5.10 Å². The first kappa shape index (κ1) is 32.5. The van der Waals surface area contributed by atoms with Crippen LogP contribution in [-0.4, -0.2) is 45.8 Å². The van der Waals surface area contributed by atoms with Gasteiger partial charge in [-0.25, -0.2) is 9.48 Å². The lowest BCUT2D eigenvalue weighted by Gasteiger charge is -2.39. The number of nitrogens with zero attached hydrogens (tertiary/aromatic N) is 3. The van der Waals surface area contributed by atoms with Crippen LogP contribution in [-0.2, 0) is 23.1 Å². The summed E-state index contributed by atoms with van der Waals surface area (Å²) < 4.78 is 12.8. The Morgan fingerprint density at radius 1 is 0.939 bits per heavy atom. The van der Waals surface area contributed by atoms with Crippen LogP contribution in [0.25, 0.3) is 16.7 Å². The number of ether oxygens (including phenoxy) is 1. The smallest absolute Gasteiger partial charge is 0.324 e. The van der Waals surface area contributed by atoms with Crippen LogP contribution in [0.15, 0.2) is 83.5 Å². The fourth-order valence-electron chi connectivity index (χ4n) is 7.50. The fraction of sp³-hybridized carbons (Fsp3) is 0.375. The summed E-state index contributed by atoms with van der Waals surface area (Å²) in [4.78, 5) is 28.9. The number of fused-ring (bicyclic) bond motifs is 3. The maximum atomic E-state index is 13.6. The number of carbonyl (C=O) groups excluding carboxylic acids is 2. The van der Waals surface area contributed by atoms with Gasteiger partial charge in [0.25, 0.3) is 0 Å². The number of hydrogen-bond donors (Lipinski definition) is 2. The van der Waals surface area contributed by atoms with Gasteiger partial charge in [0.15, 0.2) is 0 Å². The molecule has 0 radical (unpaired) electrons. The molecule has 254 valence electrons. The summed E-state index contributed by atoms with van der Waals surface area (Å²) >= 11 is 0. The molecule has 2 fully saturated rings. The predicted molar refractivity (Wildman–Crippen MR) is 193 cm³/mol. The molecule has 2 aromatic heterocycles. The number of benzene rings is 3. The van der Waals surface area contributed by atoms with Gasteiger partial charge in [-0.1, -0.05) is 50.6 Å². The van der Waals surface area contributed by atoms with Gasteiger partial charge < -0.3 is 19.4 Å². The van der Waals surface area contributed by atoms with Crippen molar-refractivity contribution in [2.45, 2.75) is 83.7 Å². The minimum atomic E-state index is -0.321. The molecular formula is C40H45N5O4. The Morgan fingerprint density at radius 2 is 1.65 bits per heavy atom. The molecule has 4 heterocycles. The number of piperidine rings is 1. The van der Waals surface area contributed by atoms with E-state index in [4.69, 9.17) is 14.3 Å². The van der Waals surface area contributed by atoms with E-state index in [-0.39, 0.29) is 29.4 Å². The zero-order valence-corrected chi connectivity index (χ0v) is 29.0. The average molecular weight is 660 g/mol. The van der Waals surface area contributed by atoms with Crippen LogP contribution in [0.3, 0.4) is 0 Å². The van der Waals surface area contributed by atoms with Crippen LogP contribution in [0.1, 0.15) is 68.8 Å². The van der Waals surface area contributed by atoms with E-state index in [9.17, 15) is 9.59 Å². The maximum absolute atomic E-state index is 13.6. The lowest BCUT2D eigenvalue weighted by atomic mass is 9.85. The summed E-state index contributed by atoms with van der Waals surface area (Å²) in [6.07, 6.45) is 7.18. The Hall–Kier alpha value is -5.05. The van der Waals surface area contributed by atoms with E-state index >= 15 is 0 Å². The molecular weight excluding hydrogens is 614 g/mol. The molecule has 2 atom stereocenters. The molecule has 9 nitrogen and oxygen atoms in total. The highest BCUT2D eigenvalue weighted by Crippen LogP contribution is 2.41. The SMILES string of the molecule is COc1ccc2c(CC(=O)N3C4CCC3CC(Cc3ccc(NC(=O)Nc5cc(C(C)(C)C)nn5-c5ccc(C)cc5)cc3)C4)coc2c1. The molecule has 2 saturated heterocycles. The first-order valence-electron chi connectivity index (χ1n) is 17.2. The van der Waals surface area contributed by atoms with E-state index in [1.165, 1.54) is 5.56 Å². The minimum absolute atomic E-state index is 0.171. The van der Waals surface area contributed by atoms with Gasteiger partial charge >= 0.3 is 6.03 Å². The Balaban J connectivity index is 0.949. The summed E-state index contributed by atoms with van der Waals surface area (Å²) in [5.41, 5.74) is 6.40. The summed E-state index contributed by atoms with van der Waals surface area (Å²) in [6, 6.07) is 24.1. The van der Waals surface area contributed by atoms with Crippen LogP contribution >= 0.6 is 0 Å². The van der Waals surface area contributed by atoms with Crippen molar-refractivity contribution in [2.24, 2.45) is 5.92 Å². The lowest BCUT2D eigenvalue weighted by Crippen LogP contribution is -2.47. The van der Waals surface area contributed by atoms with Gasteiger partial charge in [-0.05, 0) is 86.9 Å². The number of anilines is 2. The van der Waals surface area contributed by atoms with E-state index < -0.39 is 0 Å². The van der Waals surface area contributed by atoms with Crippen LogP contribution in [0.2, 0.25) is 0 Å². The zero-order chi connectivity index (χ0) is 34.3. The fourth-order valence-corrected chi connectivity index (χ4v) is 7.50. The Kier molecular flexibility index (Phi) is 8.69. The molecule has 2 aliphatic rings. The lowest BCUT2D eigenvalue weighted by molar-refractivity contribution is -0.135. The summed E-state index contributed by atoms with van der Waals surface area (Å²) in [5, 5.41) is 11.8. The first-order chi connectivity index (χ1) is 23.5. The number of amides is 3. The molecule has 0 spiro atoms. The third-order valence-corrected chi connectivity index (χ3v) is 10.1. The highest BCUT2D eigenvalue weighted by atomic mass is 16.5. The molecule has 5 aromatic rings. The van der Waals surface area contributed by atoms with Gasteiger partial charge in [0.2, 0.25) is 5.91 Å². The molecule has 0 saturated carbocycles. The summed E-state index contributed by atoms with van der Waals surface area (Å²) in [7, 11) is 1.63. The van der Waals surface area contributed by atoms with E-state index in [1.807, 2.05) is 67.6 Å². The zero-order valence-electron chi connectivity index (χ0n) is 29.0. The minimum Gasteiger partial charge on any atom is -0.497 e. The molecule has 7 rings (SSSR count). The molecule has 2 bridgehead atoms. The second-order valence-electron chi connectivity index (χ2n) is 14.7. The second-order valence-corrected chi connectivity index (χ2v) is 14.7. The number of carbonyl (C=O) groups is 2. The highest BCUT2D eigenvalue weighted by molar-refractivity contribution is 5.99. The quantitative estimate of drug-likeness (QED) is 0.174. The highest BCUT2D eigenvalue weighted by Gasteiger charge is 2.43. The van der Waals surface area contributed by atoms with Crippen molar-refractivity contribution in [3.63, 3.8) is 0 Å². The molecule has 3 aromatic carbocycles. The van der Waals surface area contributed by atoms with E-state index in [0.717, 1.165) is 77.0 Å².